The van der Waals surface area contributed by atoms with Gasteiger partial charge in [-0.3, -0.25) is 9.59 Å². The van der Waals surface area contributed by atoms with E-state index in [2.05, 4.69) is 30.9 Å². The molecule has 1 fully saturated rings. The summed E-state index contributed by atoms with van der Waals surface area (Å²) >= 11 is 0. The fraction of sp³-hybridized carbons (Fsp3) is 0.321. The van der Waals surface area contributed by atoms with E-state index >= 15 is 0 Å². The number of hydrogen-bond acceptors (Lipinski definition) is 4. The van der Waals surface area contributed by atoms with Gasteiger partial charge in [0.2, 0.25) is 5.91 Å². The van der Waals surface area contributed by atoms with Gasteiger partial charge in [0.05, 0.1) is 12.5 Å². The molecule has 4 aromatic rings. The van der Waals surface area contributed by atoms with Crippen molar-refractivity contribution in [2.75, 3.05) is 6.54 Å². The second kappa shape index (κ2) is 11.4. The van der Waals surface area contributed by atoms with Crippen LogP contribution in [0.5, 0.6) is 0 Å². The van der Waals surface area contributed by atoms with E-state index in [9.17, 15) is 14.0 Å². The summed E-state index contributed by atoms with van der Waals surface area (Å²) in [4.78, 5) is 35.6. The molecule has 0 spiro atoms. The van der Waals surface area contributed by atoms with Gasteiger partial charge in [0.15, 0.2) is 0 Å². The Labute approximate surface area is 214 Å². The maximum atomic E-state index is 13.1. The third kappa shape index (κ3) is 6.24. The van der Waals surface area contributed by atoms with Gasteiger partial charge in [-0.25, -0.2) is 9.37 Å². The highest BCUT2D eigenvalue weighted by molar-refractivity contribution is 5.96. The summed E-state index contributed by atoms with van der Waals surface area (Å²) in [5, 5.41) is 10.4. The summed E-state index contributed by atoms with van der Waals surface area (Å²) in [6.45, 7) is 1.19. The molecule has 0 radical (unpaired) electrons. The SMILES string of the molecule is O=C(NC(CCCCNC1CC1c1ccc(F)cc1)C(=O)NCc1c[nH]c2ccccc12)c1cnc[nH]1. The van der Waals surface area contributed by atoms with E-state index in [1.54, 1.807) is 0 Å². The Kier molecular flexibility index (Phi) is 7.60. The molecule has 1 aliphatic rings. The Hall–Kier alpha value is -3.98. The molecule has 0 aliphatic heterocycles. The van der Waals surface area contributed by atoms with Gasteiger partial charge in [0.25, 0.3) is 5.91 Å². The van der Waals surface area contributed by atoms with Crippen molar-refractivity contribution in [1.82, 2.24) is 30.9 Å². The minimum Gasteiger partial charge on any atom is -0.361 e. The number of unbranched alkanes of at least 4 members (excludes halogenated alkanes) is 1. The summed E-state index contributed by atoms with van der Waals surface area (Å²) in [5.41, 5.74) is 3.48. The van der Waals surface area contributed by atoms with Crippen molar-refractivity contribution in [3.05, 3.63) is 89.9 Å². The zero-order valence-corrected chi connectivity index (χ0v) is 20.5. The van der Waals surface area contributed by atoms with Crippen LogP contribution in [0.3, 0.4) is 0 Å². The number of aromatic nitrogens is 3. The molecule has 1 aliphatic carbocycles. The Balaban J connectivity index is 1.11. The van der Waals surface area contributed by atoms with Gasteiger partial charge in [-0.2, -0.15) is 0 Å². The smallest absolute Gasteiger partial charge is 0.269 e. The van der Waals surface area contributed by atoms with Gasteiger partial charge in [-0.1, -0.05) is 30.3 Å². The van der Waals surface area contributed by atoms with Crippen molar-refractivity contribution in [3.63, 3.8) is 0 Å². The Morgan fingerprint density at radius 2 is 1.92 bits per heavy atom. The van der Waals surface area contributed by atoms with Crippen LogP contribution < -0.4 is 16.0 Å². The molecule has 9 heteroatoms. The molecule has 5 rings (SSSR count). The van der Waals surface area contributed by atoms with Crippen LogP contribution in [0.25, 0.3) is 10.9 Å². The molecular formula is C28H31FN6O2. The molecule has 37 heavy (non-hydrogen) atoms. The lowest BCUT2D eigenvalue weighted by Crippen LogP contribution is -2.46. The number of amides is 2. The van der Waals surface area contributed by atoms with Crippen LogP contribution in [0.1, 0.15) is 53.2 Å². The number of nitrogens with one attached hydrogen (secondary N) is 5. The number of benzene rings is 2. The monoisotopic (exact) mass is 502 g/mol. The fourth-order valence-electron chi connectivity index (χ4n) is 4.73. The molecule has 1 saturated carbocycles. The van der Waals surface area contributed by atoms with Crippen molar-refractivity contribution >= 4 is 22.7 Å². The highest BCUT2D eigenvalue weighted by atomic mass is 19.1. The van der Waals surface area contributed by atoms with E-state index in [0.29, 0.717) is 30.6 Å². The number of nitrogens with zero attached hydrogens (tertiary/aromatic N) is 1. The van der Waals surface area contributed by atoms with E-state index in [4.69, 9.17) is 0 Å². The number of H-pyrrole nitrogens is 2. The molecular weight excluding hydrogens is 471 g/mol. The normalized spacial score (nSPS) is 17.4. The molecule has 2 heterocycles. The number of aromatic amines is 2. The molecule has 0 saturated heterocycles. The minimum atomic E-state index is -0.658. The Morgan fingerprint density at radius 1 is 1.08 bits per heavy atom. The topological polar surface area (TPSA) is 115 Å². The van der Waals surface area contributed by atoms with E-state index < -0.39 is 6.04 Å². The van der Waals surface area contributed by atoms with Gasteiger partial charge in [-0.05, 0) is 61.6 Å². The van der Waals surface area contributed by atoms with Gasteiger partial charge in [0.1, 0.15) is 17.6 Å². The second-order valence-corrected chi connectivity index (χ2v) is 9.52. The average Bonchev–Trinajstić information content (AvgIpc) is 3.28. The zero-order chi connectivity index (χ0) is 25.6. The number of carbonyl (C=O) groups is 2. The first-order chi connectivity index (χ1) is 18.1. The lowest BCUT2D eigenvalue weighted by Gasteiger charge is -2.18. The predicted molar refractivity (Wildman–Crippen MR) is 139 cm³/mol. The number of halogens is 1. The first-order valence-corrected chi connectivity index (χ1v) is 12.7. The molecule has 2 aromatic carbocycles. The number of carbonyl (C=O) groups excluding carboxylic acids is 2. The van der Waals surface area contributed by atoms with Crippen LogP contribution in [0.2, 0.25) is 0 Å². The van der Waals surface area contributed by atoms with Gasteiger partial charge in [0, 0.05) is 35.6 Å². The first-order valence-electron chi connectivity index (χ1n) is 12.7. The first kappa shape index (κ1) is 24.7. The third-order valence-corrected chi connectivity index (χ3v) is 6.91. The van der Waals surface area contributed by atoms with Crippen molar-refractivity contribution in [2.45, 2.75) is 50.2 Å². The van der Waals surface area contributed by atoms with E-state index in [-0.39, 0.29) is 17.6 Å². The van der Waals surface area contributed by atoms with Gasteiger partial charge >= 0.3 is 0 Å². The number of hydrogen-bond donors (Lipinski definition) is 5. The molecule has 2 aromatic heterocycles. The lowest BCUT2D eigenvalue weighted by atomic mass is 10.1. The van der Waals surface area contributed by atoms with Crippen molar-refractivity contribution < 1.29 is 14.0 Å². The van der Waals surface area contributed by atoms with E-state index in [1.165, 1.54) is 24.7 Å². The third-order valence-electron chi connectivity index (χ3n) is 6.91. The largest absolute Gasteiger partial charge is 0.361 e. The van der Waals surface area contributed by atoms with Crippen LogP contribution in [-0.4, -0.2) is 45.4 Å². The van der Waals surface area contributed by atoms with Crippen LogP contribution in [0, 0.1) is 5.82 Å². The zero-order valence-electron chi connectivity index (χ0n) is 20.5. The summed E-state index contributed by atoms with van der Waals surface area (Å²) in [6.07, 6.45) is 7.98. The summed E-state index contributed by atoms with van der Waals surface area (Å²) in [7, 11) is 0. The van der Waals surface area contributed by atoms with Gasteiger partial charge in [-0.15, -0.1) is 0 Å². The van der Waals surface area contributed by atoms with Crippen molar-refractivity contribution in [3.8, 4) is 0 Å². The standard InChI is InChI=1S/C28H31FN6O2/c29-20-10-8-18(9-11-20)22-13-25(22)31-12-4-3-7-24(35-28(37)26-16-30-17-34-26)27(36)33-15-19-14-32-23-6-2-1-5-21(19)23/h1-2,5-6,8-11,14,16-17,22,24-25,31-32H,3-4,7,12-13,15H2,(H,30,34)(H,33,36)(H,35,37). The quantitative estimate of drug-likeness (QED) is 0.190. The summed E-state index contributed by atoms with van der Waals surface area (Å²) in [6, 6.07) is 14.4. The molecule has 3 atom stereocenters. The molecule has 3 unspecified atom stereocenters. The molecule has 5 N–H and O–H groups in total. The molecule has 2 amide bonds. The molecule has 8 nitrogen and oxygen atoms in total. The van der Waals surface area contributed by atoms with Crippen LogP contribution in [0.4, 0.5) is 4.39 Å². The highest BCUT2D eigenvalue weighted by Crippen LogP contribution is 2.40. The second-order valence-electron chi connectivity index (χ2n) is 9.52. The molecule has 192 valence electrons. The number of fused-ring (bicyclic) bond motifs is 1. The van der Waals surface area contributed by atoms with Crippen molar-refractivity contribution in [2.24, 2.45) is 0 Å². The van der Waals surface area contributed by atoms with Crippen LogP contribution in [-0.2, 0) is 11.3 Å². The minimum absolute atomic E-state index is 0.214. The fourth-order valence-corrected chi connectivity index (χ4v) is 4.73. The Bertz CT molecular complexity index is 1330. The number of para-hydroxylation sites is 1. The average molecular weight is 503 g/mol. The highest BCUT2D eigenvalue weighted by Gasteiger charge is 2.37. The summed E-state index contributed by atoms with van der Waals surface area (Å²) in [5.74, 6) is -0.362. The lowest BCUT2D eigenvalue weighted by molar-refractivity contribution is -0.123. The maximum absolute atomic E-state index is 13.1. The predicted octanol–water partition coefficient (Wildman–Crippen LogP) is 3.76. The maximum Gasteiger partial charge on any atom is 0.269 e. The van der Waals surface area contributed by atoms with Crippen molar-refractivity contribution in [1.29, 1.82) is 0 Å². The van der Waals surface area contributed by atoms with Crippen LogP contribution in [0.15, 0.2) is 67.3 Å². The Morgan fingerprint density at radius 3 is 2.73 bits per heavy atom. The molecule has 0 bridgehead atoms. The van der Waals surface area contributed by atoms with E-state index in [1.807, 2.05) is 42.6 Å². The number of rotatable bonds is 12. The number of imidazole rings is 1. The summed E-state index contributed by atoms with van der Waals surface area (Å²) < 4.78 is 13.1. The van der Waals surface area contributed by atoms with E-state index in [0.717, 1.165) is 47.8 Å². The van der Waals surface area contributed by atoms with Crippen LogP contribution >= 0.6 is 0 Å². The van der Waals surface area contributed by atoms with Gasteiger partial charge < -0.3 is 25.9 Å².